The fraction of sp³-hybridized carbons (Fsp3) is 0.617. The number of rotatable bonds is 24. The molecule has 12 saturated heterocycles. The van der Waals surface area contributed by atoms with Crippen LogP contribution in [0.4, 0.5) is 11.4 Å². The summed E-state index contributed by atoms with van der Waals surface area (Å²) < 4.78 is 69.5. The monoisotopic (exact) mass is 1510 g/mol. The van der Waals surface area contributed by atoms with Gasteiger partial charge in [-0.2, -0.15) is 4.58 Å². The van der Waals surface area contributed by atoms with Gasteiger partial charge in [0.05, 0.1) is 57.6 Å². The van der Waals surface area contributed by atoms with Gasteiger partial charge in [-0.05, 0) is 134 Å². The van der Waals surface area contributed by atoms with E-state index < -0.39 is 160 Å². The largest absolute Gasteiger partial charge is 0.496 e. The summed E-state index contributed by atoms with van der Waals surface area (Å²) in [4.78, 5) is 30.2. The number of aliphatic hydroxyl groups excluding tert-OH is 10. The van der Waals surface area contributed by atoms with Crippen LogP contribution in [0.15, 0.2) is 120 Å². The highest BCUT2D eigenvalue weighted by Gasteiger charge is 2.55. The zero-order chi connectivity index (χ0) is 76.1. The Morgan fingerprint density at radius 3 is 1.79 bits per heavy atom. The summed E-state index contributed by atoms with van der Waals surface area (Å²) in [6, 6.07) is 25.2. The molecule has 12 N–H and O–H groups in total. The molecule has 14 heterocycles. The molecular weight excluding hydrogens is 1400 g/mol. The highest BCUT2D eigenvalue weighted by Crippen LogP contribution is 2.52. The molecule has 0 spiro atoms. The number of fused-ring (bicyclic) bond motifs is 6. The van der Waals surface area contributed by atoms with Gasteiger partial charge in [-0.1, -0.05) is 74.5 Å². The molecule has 4 aromatic carbocycles. The van der Waals surface area contributed by atoms with Crippen LogP contribution < -0.4 is 15.5 Å². The Morgan fingerprint density at radius 2 is 1.12 bits per heavy atom. The van der Waals surface area contributed by atoms with Crippen molar-refractivity contribution in [2.75, 3.05) is 91.0 Å². The summed E-state index contributed by atoms with van der Waals surface area (Å²) in [5.74, 6) is 0.444. The molecule has 108 heavy (non-hydrogen) atoms. The lowest BCUT2D eigenvalue weighted by molar-refractivity contribution is -0.436. The number of carbonyl (C=O) groups is 2. The number of hydrogen-bond acceptors (Lipinski definition) is 24. The lowest BCUT2D eigenvalue weighted by Gasteiger charge is -2.47. The molecule has 19 rings (SSSR count). The average Bonchev–Trinajstić information content (AvgIpc) is 1.57. The van der Waals surface area contributed by atoms with E-state index in [0.29, 0.717) is 51.6 Å². The Labute approximate surface area is 629 Å². The Balaban J connectivity index is 0.679. The second-order valence-electron chi connectivity index (χ2n) is 30.7. The van der Waals surface area contributed by atoms with E-state index >= 15 is 0 Å². The molecule has 2 amide bonds. The fourth-order valence-corrected chi connectivity index (χ4v) is 17.6. The van der Waals surface area contributed by atoms with E-state index in [1.165, 1.54) is 5.56 Å². The van der Waals surface area contributed by atoms with Crippen molar-refractivity contribution in [2.45, 2.75) is 232 Å². The SMILES string of the molecule is COC1=C(C=CC2=[N+](CCC(=O)NCCCO[C@H]3C4OC5[C@@H](CO)O[C@H](CCCO[C@@H]([C@@H]3O)[C@@H](CO)O4)[C@H](O)[C@H]5O)c3ccc4ccccc4c3C2(C)C)CCCC1=CC=C1N(CCC(=O)NCCCO[C@H]2[C@H]3CCCO[C@H]4[C@H](O)[C@@H](O)C(OC([C@@H](CO)O3)[C@@H]2O)O[C@@H]4CO)c2ccc3ccccc3c2C1(C)C. The molecule has 0 saturated carbocycles. The molecule has 8 bridgehead atoms. The Bertz CT molecular complexity index is 3950. The summed E-state index contributed by atoms with van der Waals surface area (Å²) in [6.45, 7) is 8.45. The third kappa shape index (κ3) is 16.4. The van der Waals surface area contributed by atoms with E-state index in [9.17, 15) is 60.7 Å². The van der Waals surface area contributed by atoms with Gasteiger partial charge in [-0.15, -0.1) is 0 Å². The number of hydrogen-bond donors (Lipinski definition) is 12. The zero-order valence-electron chi connectivity index (χ0n) is 62.2. The molecular formula is C81H109N4O23+. The van der Waals surface area contributed by atoms with E-state index in [4.69, 9.17) is 52.1 Å². The Morgan fingerprint density at radius 1 is 0.565 bits per heavy atom. The second-order valence-corrected chi connectivity index (χ2v) is 30.7. The van der Waals surface area contributed by atoms with Crippen LogP contribution in [0.2, 0.25) is 0 Å². The van der Waals surface area contributed by atoms with Crippen molar-refractivity contribution < 1.29 is 117 Å². The van der Waals surface area contributed by atoms with Crippen molar-refractivity contribution in [3.8, 4) is 0 Å². The average molecular weight is 1510 g/mol. The third-order valence-corrected chi connectivity index (χ3v) is 23.1. The molecule has 15 aliphatic rings. The lowest BCUT2D eigenvalue weighted by Crippen LogP contribution is -2.65. The highest BCUT2D eigenvalue weighted by atomic mass is 16.7. The second kappa shape index (κ2) is 35.2. The van der Waals surface area contributed by atoms with E-state index in [1.807, 2.05) is 12.1 Å². The fourth-order valence-electron chi connectivity index (χ4n) is 17.6. The van der Waals surface area contributed by atoms with Gasteiger partial charge in [0.2, 0.25) is 17.5 Å². The Kier molecular flexibility index (Phi) is 26.0. The topological polar surface area (TPSA) is 368 Å². The molecule has 0 radical (unpaired) electrons. The maximum atomic E-state index is 14.0. The number of allylic oxidation sites excluding steroid dienone is 7. The molecule has 20 atom stereocenters. The molecule has 4 aromatic rings. The van der Waals surface area contributed by atoms with Gasteiger partial charge in [0.1, 0.15) is 103 Å². The minimum Gasteiger partial charge on any atom is -0.496 e. The number of amides is 2. The first-order chi connectivity index (χ1) is 52.2. The summed E-state index contributed by atoms with van der Waals surface area (Å²) in [5, 5.41) is 119. The molecule has 1 aliphatic carbocycles. The summed E-state index contributed by atoms with van der Waals surface area (Å²) >= 11 is 0. The third-order valence-electron chi connectivity index (χ3n) is 23.1. The number of methoxy groups -OCH3 is 1. The minimum atomic E-state index is -1.59. The maximum Gasteiger partial charge on any atom is 0.226 e. The number of anilines is 1. The number of aliphatic hydroxyl groups is 10. The summed E-state index contributed by atoms with van der Waals surface area (Å²) in [5.41, 5.74) is 7.46. The smallest absolute Gasteiger partial charge is 0.226 e. The van der Waals surface area contributed by atoms with Crippen molar-refractivity contribution >= 4 is 50.4 Å². The summed E-state index contributed by atoms with van der Waals surface area (Å²) in [6.07, 6.45) is -10.0. The molecule has 590 valence electrons. The van der Waals surface area contributed by atoms with Crippen molar-refractivity contribution in [3.63, 3.8) is 0 Å². The molecule has 27 heteroatoms. The molecule has 14 aliphatic heterocycles. The molecule has 27 nitrogen and oxygen atoms in total. The van der Waals surface area contributed by atoms with Gasteiger partial charge in [0.15, 0.2) is 24.8 Å². The van der Waals surface area contributed by atoms with Crippen LogP contribution in [-0.4, -0.2) is 282 Å². The lowest BCUT2D eigenvalue weighted by atomic mass is 9.78. The number of benzene rings is 4. The minimum absolute atomic E-state index is 0.0373. The van der Waals surface area contributed by atoms with Crippen molar-refractivity contribution in [3.05, 3.63) is 131 Å². The van der Waals surface area contributed by atoms with Crippen LogP contribution in [0.1, 0.15) is 109 Å². The van der Waals surface area contributed by atoms with Gasteiger partial charge in [-0.25, -0.2) is 0 Å². The number of nitrogens with one attached hydrogen (secondary N) is 2. The molecule has 4 unspecified atom stereocenters. The van der Waals surface area contributed by atoms with Crippen LogP contribution in [0.5, 0.6) is 0 Å². The first-order valence-electron chi connectivity index (χ1n) is 38.5. The van der Waals surface area contributed by atoms with E-state index in [2.05, 4.69) is 133 Å². The van der Waals surface area contributed by atoms with Gasteiger partial charge in [-0.3, -0.25) is 9.59 Å². The standard InChI is InChI=1S/C81H108N4O23/c1-80(2)59(84(51-27-23-45-15-6-8-19-49(45)63(51)80)35-31-61(90)82-33-13-39-101-72-54-22-12-38-99-73-55(41-86)105-78(68(95)67(73)94)107-76(69(72)96)58(44-89)104-54)29-25-47-17-10-18-48(71(47)98-5)26-30-60-81(3,4)64-50-20-9-7-16-46(50)24-28-52(64)85(60)36-32-62(91)83-34-14-40-102-77-70(97)74-56(42-87)106-79(77)108-75-57(43-88)103-53(21-11-37-100-74)65(92)66(75)93/h6-9,15-16,19-20,23-30,53-58,65-70,72-79,86-89,92-97H,10-14,17-18,21-22,31-44H2,1-5H3,(H-,82,83,90,91)/p+1/t53-,54-,55-,56-,57-,58-,65+,66-,67-,68-,69-,70+,72+,73-,74-,75?,76?,77-,78?,79?/m1/s1. The van der Waals surface area contributed by atoms with Crippen LogP contribution in [-0.2, 0) is 72.5 Å². The first-order valence-corrected chi connectivity index (χ1v) is 38.5. The molecule has 12 fully saturated rings. The highest BCUT2D eigenvalue weighted by molar-refractivity contribution is 6.08. The summed E-state index contributed by atoms with van der Waals surface area (Å²) in [7, 11) is 1.71. The quantitative estimate of drug-likeness (QED) is 0.0353. The van der Waals surface area contributed by atoms with E-state index in [-0.39, 0.29) is 64.2 Å². The van der Waals surface area contributed by atoms with Crippen molar-refractivity contribution in [2.24, 2.45) is 0 Å². The molecule has 0 aromatic heterocycles. The zero-order valence-corrected chi connectivity index (χ0v) is 62.2. The Hall–Kier alpha value is -6.23. The van der Waals surface area contributed by atoms with Crippen molar-refractivity contribution in [1.82, 2.24) is 10.6 Å². The van der Waals surface area contributed by atoms with Gasteiger partial charge in [0.25, 0.3) is 0 Å². The maximum absolute atomic E-state index is 14.0. The number of nitrogens with zero attached hydrogens (tertiary/aromatic N) is 2. The van der Waals surface area contributed by atoms with Crippen LogP contribution in [0, 0.1) is 0 Å². The normalized spacial score (nSPS) is 34.2. The van der Waals surface area contributed by atoms with Gasteiger partial charge in [0, 0.05) is 87.0 Å². The number of carbonyl (C=O) groups excluding carboxylic acids is 2. The van der Waals surface area contributed by atoms with Crippen LogP contribution in [0.3, 0.4) is 0 Å². The number of ether oxygens (including phenoxy) is 11. The first kappa shape index (κ1) is 79.8. The predicted molar refractivity (Wildman–Crippen MR) is 395 cm³/mol. The van der Waals surface area contributed by atoms with Crippen molar-refractivity contribution in [1.29, 1.82) is 0 Å². The predicted octanol–water partition coefficient (Wildman–Crippen LogP) is 3.43. The van der Waals surface area contributed by atoms with Crippen LogP contribution in [0.25, 0.3) is 21.5 Å². The van der Waals surface area contributed by atoms with Crippen LogP contribution >= 0.6 is 0 Å². The van der Waals surface area contributed by atoms with E-state index in [1.54, 1.807) is 7.11 Å². The van der Waals surface area contributed by atoms with Gasteiger partial charge >= 0.3 is 0 Å². The van der Waals surface area contributed by atoms with Gasteiger partial charge < -0.3 is 119 Å². The van der Waals surface area contributed by atoms with E-state index in [0.717, 1.165) is 86.1 Å².